The standard InChI is InChI=1S/C9H10BrN5O/c10-6-2-1-5-15-8(6)13-9(14-15)12-4-3-7(11)16/h1-2,5H,3-4H2,(H2,11,16)(H,12,14). The minimum absolute atomic E-state index is 0.261. The number of nitrogens with one attached hydrogen (secondary N) is 1. The Bertz CT molecular complexity index is 524. The van der Waals surface area contributed by atoms with Gasteiger partial charge >= 0.3 is 0 Å². The number of nitrogens with two attached hydrogens (primary N) is 1. The van der Waals surface area contributed by atoms with Gasteiger partial charge in [-0.1, -0.05) is 0 Å². The Kier molecular flexibility index (Phi) is 3.04. The number of anilines is 1. The SMILES string of the molecule is NC(=O)CCNc1nc2c(Br)cccn2n1. The quantitative estimate of drug-likeness (QED) is 0.868. The molecule has 0 unspecified atom stereocenters. The molecule has 1 amide bonds. The number of nitrogens with zero attached hydrogens (tertiary/aromatic N) is 3. The summed E-state index contributed by atoms with van der Waals surface area (Å²) in [7, 11) is 0. The number of carbonyl (C=O) groups excluding carboxylic acids is 1. The highest BCUT2D eigenvalue weighted by atomic mass is 79.9. The Balaban J connectivity index is 2.14. The van der Waals surface area contributed by atoms with Gasteiger partial charge in [0.15, 0.2) is 5.65 Å². The van der Waals surface area contributed by atoms with Crippen molar-refractivity contribution < 1.29 is 4.79 Å². The lowest BCUT2D eigenvalue weighted by atomic mass is 10.4. The van der Waals surface area contributed by atoms with Gasteiger partial charge in [0.2, 0.25) is 11.9 Å². The fourth-order valence-corrected chi connectivity index (χ4v) is 1.67. The van der Waals surface area contributed by atoms with Gasteiger partial charge in [-0.05, 0) is 28.1 Å². The Labute approximate surface area is 100.0 Å². The van der Waals surface area contributed by atoms with Gasteiger partial charge in [0, 0.05) is 19.2 Å². The number of amides is 1. The van der Waals surface area contributed by atoms with E-state index in [1.54, 1.807) is 10.7 Å². The van der Waals surface area contributed by atoms with E-state index in [4.69, 9.17) is 5.73 Å². The first-order valence-corrected chi connectivity index (χ1v) is 5.49. The van der Waals surface area contributed by atoms with Crippen molar-refractivity contribution in [3.8, 4) is 0 Å². The van der Waals surface area contributed by atoms with Crippen LogP contribution in [-0.2, 0) is 4.79 Å². The van der Waals surface area contributed by atoms with Gasteiger partial charge in [-0.25, -0.2) is 4.52 Å². The van der Waals surface area contributed by atoms with Crippen molar-refractivity contribution in [1.29, 1.82) is 0 Å². The molecule has 0 aromatic carbocycles. The minimum atomic E-state index is -0.350. The van der Waals surface area contributed by atoms with E-state index >= 15 is 0 Å². The third-order valence-electron chi connectivity index (χ3n) is 1.97. The summed E-state index contributed by atoms with van der Waals surface area (Å²) in [6.45, 7) is 0.434. The van der Waals surface area contributed by atoms with Gasteiger partial charge in [-0.3, -0.25) is 4.79 Å². The number of hydrogen-bond donors (Lipinski definition) is 2. The van der Waals surface area contributed by atoms with Crippen molar-refractivity contribution in [2.75, 3.05) is 11.9 Å². The van der Waals surface area contributed by atoms with Crippen LogP contribution >= 0.6 is 15.9 Å². The van der Waals surface area contributed by atoms with Crippen LogP contribution in [0.15, 0.2) is 22.8 Å². The summed E-state index contributed by atoms with van der Waals surface area (Å²) in [6, 6.07) is 3.75. The van der Waals surface area contributed by atoms with Crippen LogP contribution in [0.25, 0.3) is 5.65 Å². The predicted octanol–water partition coefficient (Wildman–Crippen LogP) is 0.779. The molecule has 2 aromatic rings. The zero-order valence-corrected chi connectivity index (χ0v) is 9.94. The first-order chi connectivity index (χ1) is 7.66. The van der Waals surface area contributed by atoms with Crippen molar-refractivity contribution in [3.63, 3.8) is 0 Å². The van der Waals surface area contributed by atoms with Crippen LogP contribution in [0, 0.1) is 0 Å². The van der Waals surface area contributed by atoms with Crippen molar-refractivity contribution >= 4 is 33.4 Å². The molecule has 3 N–H and O–H groups in total. The van der Waals surface area contributed by atoms with E-state index in [1.165, 1.54) is 0 Å². The average molecular weight is 284 g/mol. The number of hydrogen-bond acceptors (Lipinski definition) is 4. The molecule has 2 rings (SSSR count). The molecule has 0 aliphatic heterocycles. The minimum Gasteiger partial charge on any atom is -0.370 e. The highest BCUT2D eigenvalue weighted by Crippen LogP contribution is 2.16. The van der Waals surface area contributed by atoms with Gasteiger partial charge in [-0.15, -0.1) is 5.10 Å². The predicted molar refractivity (Wildman–Crippen MR) is 63.0 cm³/mol. The van der Waals surface area contributed by atoms with E-state index in [2.05, 4.69) is 31.3 Å². The van der Waals surface area contributed by atoms with E-state index in [0.717, 1.165) is 10.1 Å². The van der Waals surface area contributed by atoms with E-state index < -0.39 is 0 Å². The van der Waals surface area contributed by atoms with Crippen LogP contribution in [0.2, 0.25) is 0 Å². The Hall–Kier alpha value is -1.63. The first-order valence-electron chi connectivity index (χ1n) is 4.70. The van der Waals surface area contributed by atoms with E-state index in [-0.39, 0.29) is 12.3 Å². The number of fused-ring (bicyclic) bond motifs is 1. The summed E-state index contributed by atoms with van der Waals surface area (Å²) in [4.78, 5) is 14.8. The van der Waals surface area contributed by atoms with Gasteiger partial charge in [-0.2, -0.15) is 4.98 Å². The molecule has 0 radical (unpaired) electrons. The summed E-state index contributed by atoms with van der Waals surface area (Å²) < 4.78 is 2.52. The largest absolute Gasteiger partial charge is 0.370 e. The molecule has 0 saturated carbocycles. The maximum Gasteiger partial charge on any atom is 0.243 e. The van der Waals surface area contributed by atoms with Crippen LogP contribution < -0.4 is 11.1 Å². The number of aromatic nitrogens is 3. The second-order valence-corrected chi connectivity index (χ2v) is 4.06. The van der Waals surface area contributed by atoms with Gasteiger partial charge in [0.05, 0.1) is 4.47 Å². The van der Waals surface area contributed by atoms with Gasteiger partial charge in [0.1, 0.15) is 0 Å². The zero-order valence-electron chi connectivity index (χ0n) is 8.35. The number of halogens is 1. The molecule has 16 heavy (non-hydrogen) atoms. The van der Waals surface area contributed by atoms with Gasteiger partial charge in [0.25, 0.3) is 0 Å². The van der Waals surface area contributed by atoms with Crippen molar-refractivity contribution in [1.82, 2.24) is 14.6 Å². The molecule has 84 valence electrons. The lowest BCUT2D eigenvalue weighted by Crippen LogP contribution is -2.16. The van der Waals surface area contributed by atoms with Crippen molar-refractivity contribution in [3.05, 3.63) is 22.8 Å². The Morgan fingerprint density at radius 2 is 2.44 bits per heavy atom. The molecule has 2 heterocycles. The highest BCUT2D eigenvalue weighted by Gasteiger charge is 2.05. The van der Waals surface area contributed by atoms with Crippen LogP contribution in [0.1, 0.15) is 6.42 Å². The zero-order chi connectivity index (χ0) is 11.5. The summed E-state index contributed by atoms with van der Waals surface area (Å²) >= 11 is 3.38. The number of pyridine rings is 1. The van der Waals surface area contributed by atoms with Crippen LogP contribution in [0.3, 0.4) is 0 Å². The van der Waals surface area contributed by atoms with E-state index in [1.807, 2.05) is 12.1 Å². The van der Waals surface area contributed by atoms with E-state index in [9.17, 15) is 4.79 Å². The molecule has 0 spiro atoms. The Morgan fingerprint density at radius 3 is 3.12 bits per heavy atom. The molecular weight excluding hydrogens is 274 g/mol. The van der Waals surface area contributed by atoms with Crippen LogP contribution in [-0.4, -0.2) is 27.0 Å². The molecular formula is C9H10BrN5O. The monoisotopic (exact) mass is 283 g/mol. The number of primary amides is 1. The second kappa shape index (κ2) is 4.48. The molecule has 0 saturated heterocycles. The maximum atomic E-state index is 10.5. The molecule has 0 aliphatic carbocycles. The van der Waals surface area contributed by atoms with Crippen molar-refractivity contribution in [2.24, 2.45) is 5.73 Å². The van der Waals surface area contributed by atoms with Gasteiger partial charge < -0.3 is 11.1 Å². The molecule has 7 heteroatoms. The molecule has 6 nitrogen and oxygen atoms in total. The average Bonchev–Trinajstić information content (AvgIpc) is 2.61. The molecule has 2 aromatic heterocycles. The lowest BCUT2D eigenvalue weighted by molar-refractivity contribution is -0.117. The number of carbonyl (C=O) groups is 1. The third kappa shape index (κ3) is 2.30. The molecule has 0 fully saturated rings. The topological polar surface area (TPSA) is 85.3 Å². The second-order valence-electron chi connectivity index (χ2n) is 3.20. The van der Waals surface area contributed by atoms with Crippen LogP contribution in [0.4, 0.5) is 5.95 Å². The number of rotatable bonds is 4. The third-order valence-corrected chi connectivity index (χ3v) is 2.59. The van der Waals surface area contributed by atoms with E-state index in [0.29, 0.717) is 12.5 Å². The van der Waals surface area contributed by atoms with Crippen LogP contribution in [0.5, 0.6) is 0 Å². The fourth-order valence-electron chi connectivity index (χ4n) is 1.25. The summed E-state index contributed by atoms with van der Waals surface area (Å²) in [6.07, 6.45) is 2.06. The Morgan fingerprint density at radius 1 is 1.62 bits per heavy atom. The normalized spacial score (nSPS) is 10.6. The molecule has 0 aliphatic rings. The fraction of sp³-hybridized carbons (Fsp3) is 0.222. The summed E-state index contributed by atoms with van der Waals surface area (Å²) in [5.74, 6) is 0.130. The summed E-state index contributed by atoms with van der Waals surface area (Å²) in [5, 5.41) is 7.11. The lowest BCUT2D eigenvalue weighted by Gasteiger charge is -1.96. The maximum absolute atomic E-state index is 10.5. The smallest absolute Gasteiger partial charge is 0.243 e. The van der Waals surface area contributed by atoms with Crippen molar-refractivity contribution in [2.45, 2.75) is 6.42 Å². The molecule has 0 atom stereocenters. The highest BCUT2D eigenvalue weighted by molar-refractivity contribution is 9.10. The summed E-state index contributed by atoms with van der Waals surface area (Å²) in [5.41, 5.74) is 5.75. The molecule has 0 bridgehead atoms. The first kappa shape index (κ1) is 10.9.